The summed E-state index contributed by atoms with van der Waals surface area (Å²) in [4.78, 5) is 2.35. The molecular weight excluding hydrogens is 308 g/mol. The first-order valence-corrected chi connectivity index (χ1v) is 9.60. The van der Waals surface area contributed by atoms with Crippen LogP contribution in [0.25, 0.3) is 0 Å². The third-order valence-electron chi connectivity index (χ3n) is 3.84. The van der Waals surface area contributed by atoms with E-state index in [1.807, 2.05) is 24.3 Å². The number of hydrogen-bond donors (Lipinski definition) is 1. The molecule has 21 heavy (non-hydrogen) atoms. The van der Waals surface area contributed by atoms with E-state index in [0.29, 0.717) is 18.0 Å². The fourth-order valence-electron chi connectivity index (χ4n) is 2.48. The van der Waals surface area contributed by atoms with Crippen LogP contribution >= 0.6 is 11.6 Å². The van der Waals surface area contributed by atoms with Crippen LogP contribution in [0.2, 0.25) is 0 Å². The van der Waals surface area contributed by atoms with Crippen molar-refractivity contribution < 1.29 is 8.42 Å². The van der Waals surface area contributed by atoms with Crippen LogP contribution in [0, 0.1) is 5.92 Å². The van der Waals surface area contributed by atoms with E-state index in [9.17, 15) is 8.42 Å². The van der Waals surface area contributed by atoms with Gasteiger partial charge in [0.1, 0.15) is 0 Å². The van der Waals surface area contributed by atoms with Crippen molar-refractivity contribution in [2.75, 3.05) is 34.3 Å². The van der Waals surface area contributed by atoms with Crippen molar-refractivity contribution >= 4 is 33.0 Å². The molecule has 1 aromatic carbocycles. The first-order valence-electron chi connectivity index (χ1n) is 7.41. The van der Waals surface area contributed by atoms with E-state index in [1.54, 1.807) is 0 Å². The molecule has 1 aromatic rings. The Labute approximate surface area is 132 Å². The molecule has 0 spiro atoms. The summed E-state index contributed by atoms with van der Waals surface area (Å²) in [5.41, 5.74) is 1.77. The van der Waals surface area contributed by atoms with Crippen LogP contribution in [0.15, 0.2) is 24.3 Å². The lowest BCUT2D eigenvalue weighted by Crippen LogP contribution is -2.32. The van der Waals surface area contributed by atoms with Gasteiger partial charge < -0.3 is 4.90 Å². The van der Waals surface area contributed by atoms with Crippen molar-refractivity contribution in [2.45, 2.75) is 26.2 Å². The zero-order valence-electron chi connectivity index (χ0n) is 12.4. The fourth-order valence-corrected chi connectivity index (χ4v) is 3.90. The van der Waals surface area contributed by atoms with Gasteiger partial charge in [0.15, 0.2) is 0 Å². The molecular formula is C15H23ClN2O2S. The number of sulfonamides is 1. The maximum absolute atomic E-state index is 11.8. The lowest BCUT2D eigenvalue weighted by molar-refractivity contribution is 0.438. The van der Waals surface area contributed by atoms with E-state index in [2.05, 4.69) is 16.5 Å². The van der Waals surface area contributed by atoms with Crippen molar-refractivity contribution in [1.82, 2.24) is 0 Å². The van der Waals surface area contributed by atoms with Gasteiger partial charge in [0.05, 0.1) is 5.75 Å². The summed E-state index contributed by atoms with van der Waals surface area (Å²) >= 11 is 5.53. The Kier molecular flexibility index (Phi) is 5.76. The summed E-state index contributed by atoms with van der Waals surface area (Å²) in [7, 11) is -3.29. The van der Waals surface area contributed by atoms with Crippen LogP contribution in [-0.2, 0) is 10.0 Å². The molecule has 1 fully saturated rings. The third kappa shape index (κ3) is 5.08. The van der Waals surface area contributed by atoms with Crippen LogP contribution in [0.3, 0.4) is 0 Å². The van der Waals surface area contributed by atoms with Crippen molar-refractivity contribution in [3.63, 3.8) is 0 Å². The number of piperidine rings is 1. The molecule has 118 valence electrons. The van der Waals surface area contributed by atoms with Gasteiger partial charge in [-0.05, 0) is 49.4 Å². The minimum absolute atomic E-state index is 0.0578. The molecule has 0 bridgehead atoms. The first kappa shape index (κ1) is 16.4. The third-order valence-corrected chi connectivity index (χ3v) is 5.48. The Morgan fingerprint density at radius 2 is 1.86 bits per heavy atom. The molecule has 0 unspecified atom stereocenters. The number of nitrogens with one attached hydrogen (secondary N) is 1. The number of anilines is 2. The van der Waals surface area contributed by atoms with Gasteiger partial charge in [0, 0.05) is 30.3 Å². The molecule has 2 rings (SSSR count). The maximum atomic E-state index is 11.8. The SMILES string of the molecule is CC1CCN(c2ccc(NS(=O)(=O)CCCCl)cc2)CC1. The quantitative estimate of drug-likeness (QED) is 0.814. The second-order valence-electron chi connectivity index (χ2n) is 5.68. The molecule has 1 aliphatic rings. The van der Waals surface area contributed by atoms with Gasteiger partial charge in [-0.1, -0.05) is 6.92 Å². The number of benzene rings is 1. The van der Waals surface area contributed by atoms with Gasteiger partial charge in [-0.25, -0.2) is 8.42 Å². The van der Waals surface area contributed by atoms with Gasteiger partial charge >= 0.3 is 0 Å². The van der Waals surface area contributed by atoms with Gasteiger partial charge in [0.25, 0.3) is 0 Å². The lowest BCUT2D eigenvalue weighted by atomic mass is 9.99. The lowest BCUT2D eigenvalue weighted by Gasteiger charge is -2.32. The average molecular weight is 331 g/mol. The van der Waals surface area contributed by atoms with E-state index < -0.39 is 10.0 Å². The van der Waals surface area contributed by atoms with Crippen LogP contribution < -0.4 is 9.62 Å². The van der Waals surface area contributed by atoms with Crippen LogP contribution in [0.1, 0.15) is 26.2 Å². The topological polar surface area (TPSA) is 49.4 Å². The minimum Gasteiger partial charge on any atom is -0.372 e. The highest BCUT2D eigenvalue weighted by molar-refractivity contribution is 7.92. The number of alkyl halides is 1. The summed E-state index contributed by atoms with van der Waals surface area (Å²) in [6, 6.07) is 7.61. The molecule has 0 amide bonds. The number of nitrogens with zero attached hydrogens (tertiary/aromatic N) is 1. The standard InChI is InChI=1S/C15H23ClN2O2S/c1-13-7-10-18(11-8-13)15-5-3-14(4-6-15)17-21(19,20)12-2-9-16/h3-6,13,17H,2,7-12H2,1H3. The second kappa shape index (κ2) is 7.36. The average Bonchev–Trinajstić information content (AvgIpc) is 2.47. The van der Waals surface area contributed by atoms with Crippen molar-refractivity contribution in [2.24, 2.45) is 5.92 Å². The maximum Gasteiger partial charge on any atom is 0.232 e. The molecule has 4 nitrogen and oxygen atoms in total. The largest absolute Gasteiger partial charge is 0.372 e. The smallest absolute Gasteiger partial charge is 0.232 e. The molecule has 1 saturated heterocycles. The molecule has 1 aliphatic heterocycles. The molecule has 6 heteroatoms. The Balaban J connectivity index is 1.96. The zero-order chi connectivity index (χ0) is 15.3. The van der Waals surface area contributed by atoms with E-state index in [1.165, 1.54) is 12.8 Å². The van der Waals surface area contributed by atoms with Gasteiger partial charge in [-0.3, -0.25) is 4.72 Å². The Morgan fingerprint density at radius 1 is 1.24 bits per heavy atom. The highest BCUT2D eigenvalue weighted by atomic mass is 35.5. The van der Waals surface area contributed by atoms with Crippen molar-refractivity contribution in [3.8, 4) is 0 Å². The van der Waals surface area contributed by atoms with Crippen molar-refractivity contribution in [3.05, 3.63) is 24.3 Å². The predicted octanol–water partition coefficient (Wildman–Crippen LogP) is 3.29. The number of halogens is 1. The Hall–Kier alpha value is -0.940. The van der Waals surface area contributed by atoms with E-state index in [-0.39, 0.29) is 5.75 Å². The van der Waals surface area contributed by atoms with E-state index in [0.717, 1.165) is 24.7 Å². The van der Waals surface area contributed by atoms with Gasteiger partial charge in [-0.2, -0.15) is 0 Å². The molecule has 0 radical (unpaired) electrons. The number of hydrogen-bond acceptors (Lipinski definition) is 3. The molecule has 0 saturated carbocycles. The Bertz CT molecular complexity index is 537. The predicted molar refractivity (Wildman–Crippen MR) is 89.8 cm³/mol. The zero-order valence-corrected chi connectivity index (χ0v) is 14.0. The van der Waals surface area contributed by atoms with Crippen molar-refractivity contribution in [1.29, 1.82) is 0 Å². The molecule has 0 atom stereocenters. The van der Waals surface area contributed by atoms with Crippen LogP contribution in [-0.4, -0.2) is 33.1 Å². The van der Waals surface area contributed by atoms with Gasteiger partial charge in [-0.15, -0.1) is 11.6 Å². The summed E-state index contributed by atoms with van der Waals surface area (Å²) in [6.45, 7) is 4.43. The molecule has 1 N–H and O–H groups in total. The summed E-state index contributed by atoms with van der Waals surface area (Å²) < 4.78 is 26.2. The van der Waals surface area contributed by atoms with Crippen LogP contribution in [0.4, 0.5) is 11.4 Å². The monoisotopic (exact) mass is 330 g/mol. The van der Waals surface area contributed by atoms with E-state index >= 15 is 0 Å². The summed E-state index contributed by atoms with van der Waals surface area (Å²) in [5.74, 6) is 1.21. The fraction of sp³-hybridized carbons (Fsp3) is 0.600. The summed E-state index contributed by atoms with van der Waals surface area (Å²) in [6.07, 6.45) is 2.89. The van der Waals surface area contributed by atoms with Gasteiger partial charge in [0.2, 0.25) is 10.0 Å². The molecule has 0 aromatic heterocycles. The second-order valence-corrected chi connectivity index (χ2v) is 7.90. The first-order chi connectivity index (χ1) is 10.00. The minimum atomic E-state index is -3.29. The molecule has 0 aliphatic carbocycles. The highest BCUT2D eigenvalue weighted by Gasteiger charge is 2.16. The highest BCUT2D eigenvalue weighted by Crippen LogP contribution is 2.24. The summed E-state index contributed by atoms with van der Waals surface area (Å²) in [5, 5.41) is 0. The molecule has 1 heterocycles. The Morgan fingerprint density at radius 3 is 2.43 bits per heavy atom. The van der Waals surface area contributed by atoms with E-state index in [4.69, 9.17) is 11.6 Å². The normalized spacial score (nSPS) is 17.0. The number of rotatable bonds is 6. The van der Waals surface area contributed by atoms with Crippen LogP contribution in [0.5, 0.6) is 0 Å².